The van der Waals surface area contributed by atoms with Gasteiger partial charge >= 0.3 is 0 Å². The van der Waals surface area contributed by atoms with Crippen LogP contribution in [0, 0.1) is 11.8 Å². The van der Waals surface area contributed by atoms with Gasteiger partial charge in [-0.3, -0.25) is 9.59 Å². The highest BCUT2D eigenvalue weighted by Gasteiger charge is 2.57. The number of ether oxygens (including phenoxy) is 2. The highest BCUT2D eigenvalue weighted by atomic mass is 17.3. The van der Waals surface area contributed by atoms with Crippen molar-refractivity contribution < 1.29 is 58.2 Å². The standard InChI is InChI=1S/C30H48O12/c1-9-21(5)35-39-27-25(15-13-17-33-19-31)26(16-14-18-34-20-32)28(40-36-22(6)10-2)30(42-38-24(8)12-4)29(27)41-37-23(7)11-3/h19-20,25-30H,5-18H2,1-4H3. The summed E-state index contributed by atoms with van der Waals surface area (Å²) in [6, 6.07) is 0. The Labute approximate surface area is 249 Å². The third-order valence-electron chi connectivity index (χ3n) is 6.79. The molecule has 240 valence electrons. The molecule has 1 saturated carbocycles. The van der Waals surface area contributed by atoms with Crippen LogP contribution in [0.1, 0.15) is 79.1 Å². The van der Waals surface area contributed by atoms with Gasteiger partial charge in [-0.2, -0.15) is 19.6 Å². The van der Waals surface area contributed by atoms with Gasteiger partial charge in [0.15, 0.2) is 12.2 Å². The molecule has 0 aromatic heterocycles. The SMILES string of the molecule is C=C(CC)OOC1C(CCCOC=O)C(CCCOC=O)C(OOC(=C)CC)C(OOC(=C)CC)C1OOC(=C)CC. The van der Waals surface area contributed by atoms with Crippen molar-refractivity contribution in [3.05, 3.63) is 49.4 Å². The predicted octanol–water partition coefficient (Wildman–Crippen LogP) is 6.10. The topological polar surface area (TPSA) is 126 Å². The lowest BCUT2D eigenvalue weighted by Crippen LogP contribution is -2.61. The zero-order valence-electron chi connectivity index (χ0n) is 25.4. The molecule has 1 aliphatic rings. The number of allylic oxidation sites excluding steroid dienone is 4. The third kappa shape index (κ3) is 12.8. The Morgan fingerprint density at radius 2 is 0.810 bits per heavy atom. The summed E-state index contributed by atoms with van der Waals surface area (Å²) in [5, 5.41) is 0. The first kappa shape index (κ1) is 37.0. The van der Waals surface area contributed by atoms with Crippen LogP contribution in [0.25, 0.3) is 0 Å². The van der Waals surface area contributed by atoms with Crippen LogP contribution in [0.4, 0.5) is 0 Å². The van der Waals surface area contributed by atoms with Crippen molar-refractivity contribution in [3.8, 4) is 0 Å². The summed E-state index contributed by atoms with van der Waals surface area (Å²) in [5.74, 6) is 0.788. The highest BCUT2D eigenvalue weighted by Crippen LogP contribution is 2.43. The van der Waals surface area contributed by atoms with Crippen molar-refractivity contribution in [1.82, 2.24) is 0 Å². The molecule has 1 rings (SSSR count). The molecular weight excluding hydrogens is 552 g/mol. The minimum atomic E-state index is -1.01. The van der Waals surface area contributed by atoms with E-state index in [9.17, 15) is 9.59 Å². The van der Waals surface area contributed by atoms with Gasteiger partial charge in [0.1, 0.15) is 35.2 Å². The molecular formula is C30H48O12. The van der Waals surface area contributed by atoms with E-state index in [1.807, 2.05) is 27.7 Å². The molecule has 6 unspecified atom stereocenters. The molecule has 0 saturated heterocycles. The Morgan fingerprint density at radius 3 is 1.07 bits per heavy atom. The normalized spacial score (nSPS) is 23.2. The van der Waals surface area contributed by atoms with E-state index in [1.54, 1.807) is 0 Å². The van der Waals surface area contributed by atoms with E-state index < -0.39 is 24.4 Å². The van der Waals surface area contributed by atoms with E-state index in [0.717, 1.165) is 0 Å². The van der Waals surface area contributed by atoms with E-state index in [-0.39, 0.29) is 25.0 Å². The van der Waals surface area contributed by atoms with Gasteiger partial charge in [-0.25, -0.2) is 0 Å². The zero-order valence-corrected chi connectivity index (χ0v) is 25.4. The fraction of sp³-hybridized carbons (Fsp3) is 0.667. The van der Waals surface area contributed by atoms with Gasteiger partial charge in [0.2, 0.25) is 0 Å². The first-order valence-electron chi connectivity index (χ1n) is 14.4. The average Bonchev–Trinajstić information content (AvgIpc) is 3.01. The minimum Gasteiger partial charge on any atom is -0.468 e. The van der Waals surface area contributed by atoms with Crippen LogP contribution >= 0.6 is 0 Å². The van der Waals surface area contributed by atoms with E-state index in [4.69, 9.17) is 48.6 Å². The molecule has 0 N–H and O–H groups in total. The molecule has 6 atom stereocenters. The summed E-state index contributed by atoms with van der Waals surface area (Å²) in [7, 11) is 0. The van der Waals surface area contributed by atoms with Gasteiger partial charge in [-0.1, -0.05) is 54.0 Å². The number of carbonyl (C=O) groups excluding carboxylic acids is 2. The first-order valence-corrected chi connectivity index (χ1v) is 14.4. The number of hydrogen-bond donors (Lipinski definition) is 0. The summed E-state index contributed by atoms with van der Waals surface area (Å²) < 4.78 is 9.90. The number of carbonyl (C=O) groups is 2. The van der Waals surface area contributed by atoms with Crippen molar-refractivity contribution in [1.29, 1.82) is 0 Å². The molecule has 1 aliphatic carbocycles. The molecule has 0 amide bonds. The molecule has 0 aliphatic heterocycles. The Bertz CT molecular complexity index is 776. The van der Waals surface area contributed by atoms with Gasteiger partial charge in [0.25, 0.3) is 12.9 Å². The fourth-order valence-electron chi connectivity index (χ4n) is 4.21. The molecule has 0 heterocycles. The molecule has 0 spiro atoms. The third-order valence-corrected chi connectivity index (χ3v) is 6.79. The lowest BCUT2D eigenvalue weighted by atomic mass is 9.69. The minimum absolute atomic E-state index is 0.179. The van der Waals surface area contributed by atoms with Crippen molar-refractivity contribution in [2.24, 2.45) is 11.8 Å². The molecule has 0 aromatic carbocycles. The average molecular weight is 601 g/mol. The first-order chi connectivity index (χ1) is 20.3. The second kappa shape index (κ2) is 21.6. The molecule has 42 heavy (non-hydrogen) atoms. The maximum absolute atomic E-state index is 10.8. The summed E-state index contributed by atoms with van der Waals surface area (Å²) in [4.78, 5) is 67.7. The van der Waals surface area contributed by atoms with Gasteiger partial charge < -0.3 is 29.0 Å². The summed E-state index contributed by atoms with van der Waals surface area (Å²) in [6.07, 6.45) is 0.243. The number of rotatable bonds is 26. The predicted molar refractivity (Wildman–Crippen MR) is 151 cm³/mol. The quantitative estimate of drug-likeness (QED) is 0.0374. The summed E-state index contributed by atoms with van der Waals surface area (Å²) >= 11 is 0. The maximum Gasteiger partial charge on any atom is 0.293 e. The van der Waals surface area contributed by atoms with E-state index in [0.29, 0.717) is 87.3 Å². The van der Waals surface area contributed by atoms with Crippen LogP contribution in [-0.2, 0) is 58.2 Å². The lowest BCUT2D eigenvalue weighted by molar-refractivity contribution is -0.457. The molecule has 0 aromatic rings. The Morgan fingerprint density at radius 1 is 0.524 bits per heavy atom. The summed E-state index contributed by atoms with van der Waals surface area (Å²) in [5.41, 5.74) is 0. The fourth-order valence-corrected chi connectivity index (χ4v) is 4.21. The van der Waals surface area contributed by atoms with Gasteiger partial charge in [-0.15, -0.1) is 0 Å². The smallest absolute Gasteiger partial charge is 0.293 e. The van der Waals surface area contributed by atoms with Crippen molar-refractivity contribution in [2.45, 2.75) is 103 Å². The van der Waals surface area contributed by atoms with Crippen molar-refractivity contribution in [2.75, 3.05) is 13.2 Å². The van der Waals surface area contributed by atoms with E-state index in [1.165, 1.54) is 0 Å². The monoisotopic (exact) mass is 600 g/mol. The lowest BCUT2D eigenvalue weighted by Gasteiger charge is -2.47. The van der Waals surface area contributed by atoms with Crippen LogP contribution in [-0.4, -0.2) is 50.6 Å². The van der Waals surface area contributed by atoms with Crippen LogP contribution in [0.3, 0.4) is 0 Å². The Balaban J connectivity index is 3.64. The Hall–Kier alpha value is -3.06. The van der Waals surface area contributed by atoms with E-state index in [2.05, 4.69) is 26.3 Å². The molecule has 12 heteroatoms. The molecule has 0 radical (unpaired) electrons. The van der Waals surface area contributed by atoms with Crippen LogP contribution in [0.15, 0.2) is 49.4 Å². The second-order valence-corrected chi connectivity index (χ2v) is 9.69. The second-order valence-electron chi connectivity index (χ2n) is 9.69. The molecule has 0 bridgehead atoms. The van der Waals surface area contributed by atoms with Crippen LogP contribution in [0.2, 0.25) is 0 Å². The van der Waals surface area contributed by atoms with Crippen LogP contribution < -0.4 is 0 Å². The van der Waals surface area contributed by atoms with Gasteiger partial charge in [0, 0.05) is 25.7 Å². The largest absolute Gasteiger partial charge is 0.468 e. The van der Waals surface area contributed by atoms with Crippen molar-refractivity contribution >= 4 is 12.9 Å². The molecule has 12 nitrogen and oxygen atoms in total. The maximum atomic E-state index is 10.8. The molecule has 1 fully saturated rings. The van der Waals surface area contributed by atoms with Crippen molar-refractivity contribution in [3.63, 3.8) is 0 Å². The van der Waals surface area contributed by atoms with Crippen LogP contribution in [0.5, 0.6) is 0 Å². The number of hydrogen-bond acceptors (Lipinski definition) is 12. The zero-order chi connectivity index (χ0) is 31.3. The van der Waals surface area contributed by atoms with E-state index >= 15 is 0 Å². The van der Waals surface area contributed by atoms with Gasteiger partial charge in [0.05, 0.1) is 13.2 Å². The highest BCUT2D eigenvalue weighted by molar-refractivity contribution is 5.37. The summed E-state index contributed by atoms with van der Waals surface area (Å²) in [6.45, 7) is 24.1. The van der Waals surface area contributed by atoms with Gasteiger partial charge in [-0.05, 0) is 37.5 Å². The Kier molecular flexibility index (Phi) is 19.0.